The van der Waals surface area contributed by atoms with Gasteiger partial charge in [-0.25, -0.2) is 0 Å². The van der Waals surface area contributed by atoms with Gasteiger partial charge >= 0.3 is 5.97 Å². The number of aliphatic hydroxyl groups is 1. The van der Waals surface area contributed by atoms with Gasteiger partial charge in [0.1, 0.15) is 0 Å². The lowest BCUT2D eigenvalue weighted by atomic mass is 10.1. The van der Waals surface area contributed by atoms with Crippen LogP contribution in [-0.2, 0) is 14.3 Å². The van der Waals surface area contributed by atoms with Crippen molar-refractivity contribution < 1.29 is 19.4 Å². The van der Waals surface area contributed by atoms with Gasteiger partial charge in [-0.15, -0.1) is 0 Å². The Labute approximate surface area is 122 Å². The van der Waals surface area contributed by atoms with Crippen molar-refractivity contribution in [3.8, 4) is 0 Å². The van der Waals surface area contributed by atoms with E-state index in [0.717, 1.165) is 0 Å². The SMILES string of the molecule is COC(=O)C[C@@H](OC(C)(C)O)c1ccc(Cl)cc1Cl. The quantitative estimate of drug-likeness (QED) is 0.669. The number of carbonyl (C=O) groups excluding carboxylic acids is 1. The summed E-state index contributed by atoms with van der Waals surface area (Å²) in [5, 5.41) is 10.6. The van der Waals surface area contributed by atoms with Gasteiger partial charge in [0.05, 0.1) is 19.6 Å². The smallest absolute Gasteiger partial charge is 0.308 e. The second-order valence-electron chi connectivity index (χ2n) is 4.50. The minimum atomic E-state index is -1.40. The Bertz CT molecular complexity index is 454. The topological polar surface area (TPSA) is 55.8 Å². The highest BCUT2D eigenvalue weighted by Crippen LogP contribution is 2.33. The molecule has 0 aliphatic rings. The van der Waals surface area contributed by atoms with E-state index in [1.807, 2.05) is 0 Å². The minimum absolute atomic E-state index is 0.0537. The normalized spacial score (nSPS) is 13.2. The zero-order chi connectivity index (χ0) is 14.6. The molecule has 106 valence electrons. The summed E-state index contributed by atoms with van der Waals surface area (Å²) in [6, 6.07) is 4.85. The molecule has 0 radical (unpaired) electrons. The highest BCUT2D eigenvalue weighted by Gasteiger charge is 2.26. The average Bonchev–Trinajstić information content (AvgIpc) is 2.26. The first-order valence-corrected chi connectivity index (χ1v) is 6.40. The van der Waals surface area contributed by atoms with Crippen LogP contribution in [0.15, 0.2) is 18.2 Å². The molecule has 0 bridgehead atoms. The number of methoxy groups -OCH3 is 1. The second kappa shape index (κ2) is 6.57. The standard InChI is InChI=1S/C13H16Cl2O4/c1-13(2,17)19-11(7-12(16)18-3)9-5-4-8(14)6-10(9)15/h4-6,11,17H,7H2,1-3H3/t11-/m1/s1. The highest BCUT2D eigenvalue weighted by atomic mass is 35.5. The van der Waals surface area contributed by atoms with Crippen LogP contribution < -0.4 is 0 Å². The average molecular weight is 307 g/mol. The predicted molar refractivity (Wildman–Crippen MR) is 73.2 cm³/mol. The van der Waals surface area contributed by atoms with Gasteiger partial charge in [-0.2, -0.15) is 0 Å². The van der Waals surface area contributed by atoms with E-state index in [1.165, 1.54) is 21.0 Å². The maximum absolute atomic E-state index is 11.4. The number of hydrogen-bond donors (Lipinski definition) is 1. The largest absolute Gasteiger partial charge is 0.469 e. The van der Waals surface area contributed by atoms with Gasteiger partial charge in [0, 0.05) is 15.6 Å². The third-order valence-corrected chi connectivity index (χ3v) is 2.88. The van der Waals surface area contributed by atoms with Crippen LogP contribution in [0.1, 0.15) is 31.9 Å². The summed E-state index contributed by atoms with van der Waals surface area (Å²) in [6.07, 6.45) is -0.765. The number of halogens is 2. The molecule has 6 heteroatoms. The van der Waals surface area contributed by atoms with Crippen LogP contribution in [0.4, 0.5) is 0 Å². The molecule has 1 aromatic carbocycles. The van der Waals surface area contributed by atoms with Gasteiger partial charge in [-0.05, 0) is 26.0 Å². The van der Waals surface area contributed by atoms with Crippen LogP contribution in [-0.4, -0.2) is 24.0 Å². The van der Waals surface area contributed by atoms with Crippen LogP contribution in [0.2, 0.25) is 10.0 Å². The zero-order valence-electron chi connectivity index (χ0n) is 10.9. The predicted octanol–water partition coefficient (Wildman–Crippen LogP) is 3.34. The van der Waals surface area contributed by atoms with E-state index in [9.17, 15) is 9.90 Å². The van der Waals surface area contributed by atoms with Crippen molar-refractivity contribution in [3.63, 3.8) is 0 Å². The second-order valence-corrected chi connectivity index (χ2v) is 5.34. The molecule has 0 heterocycles. The van der Waals surface area contributed by atoms with Gasteiger partial charge < -0.3 is 14.6 Å². The number of ether oxygens (including phenoxy) is 2. The van der Waals surface area contributed by atoms with Crippen molar-refractivity contribution in [2.24, 2.45) is 0 Å². The van der Waals surface area contributed by atoms with E-state index >= 15 is 0 Å². The zero-order valence-corrected chi connectivity index (χ0v) is 12.5. The summed E-state index contributed by atoms with van der Waals surface area (Å²) >= 11 is 11.9. The molecule has 0 unspecified atom stereocenters. The Morgan fingerprint density at radius 1 is 1.42 bits per heavy atom. The summed E-state index contributed by atoms with van der Waals surface area (Å²) in [6.45, 7) is 2.95. The van der Waals surface area contributed by atoms with E-state index < -0.39 is 17.9 Å². The molecule has 1 rings (SSSR count). The Morgan fingerprint density at radius 3 is 2.53 bits per heavy atom. The molecule has 0 amide bonds. The number of carbonyl (C=O) groups is 1. The van der Waals surface area contributed by atoms with E-state index in [2.05, 4.69) is 4.74 Å². The van der Waals surface area contributed by atoms with Crippen molar-refractivity contribution in [2.45, 2.75) is 32.2 Å². The number of benzene rings is 1. The Kier molecular flexibility index (Phi) is 5.62. The molecule has 1 N–H and O–H groups in total. The summed E-state index contributed by atoms with van der Waals surface area (Å²) in [4.78, 5) is 11.4. The van der Waals surface area contributed by atoms with Gasteiger partial charge in [0.25, 0.3) is 0 Å². The van der Waals surface area contributed by atoms with Crippen molar-refractivity contribution in [1.29, 1.82) is 0 Å². The molecule has 0 fully saturated rings. The van der Waals surface area contributed by atoms with E-state index in [0.29, 0.717) is 15.6 Å². The lowest BCUT2D eigenvalue weighted by Crippen LogP contribution is -2.27. The van der Waals surface area contributed by atoms with Gasteiger partial charge in [-0.3, -0.25) is 4.79 Å². The molecule has 0 aliphatic carbocycles. The van der Waals surface area contributed by atoms with Crippen molar-refractivity contribution in [1.82, 2.24) is 0 Å². The molecule has 4 nitrogen and oxygen atoms in total. The molecular formula is C13H16Cl2O4. The maximum Gasteiger partial charge on any atom is 0.308 e. The first-order valence-electron chi connectivity index (χ1n) is 5.65. The number of esters is 1. The van der Waals surface area contributed by atoms with Crippen molar-refractivity contribution in [3.05, 3.63) is 33.8 Å². The fourth-order valence-electron chi connectivity index (χ4n) is 1.56. The molecule has 19 heavy (non-hydrogen) atoms. The first-order chi connectivity index (χ1) is 8.73. The lowest BCUT2D eigenvalue weighted by Gasteiger charge is -2.26. The molecule has 0 spiro atoms. The minimum Gasteiger partial charge on any atom is -0.469 e. The third-order valence-electron chi connectivity index (χ3n) is 2.32. The number of rotatable bonds is 5. The fraction of sp³-hybridized carbons (Fsp3) is 0.462. The van der Waals surface area contributed by atoms with Crippen LogP contribution in [0.3, 0.4) is 0 Å². The van der Waals surface area contributed by atoms with E-state index in [4.69, 9.17) is 27.9 Å². The number of hydrogen-bond acceptors (Lipinski definition) is 4. The van der Waals surface area contributed by atoms with Crippen molar-refractivity contribution >= 4 is 29.2 Å². The van der Waals surface area contributed by atoms with Crippen LogP contribution in [0, 0.1) is 0 Å². The van der Waals surface area contributed by atoms with E-state index in [1.54, 1.807) is 18.2 Å². The molecule has 0 aliphatic heterocycles. The Hall–Kier alpha value is -0.810. The third kappa shape index (κ3) is 5.37. The lowest BCUT2D eigenvalue weighted by molar-refractivity contribution is -0.210. The Morgan fingerprint density at radius 2 is 2.05 bits per heavy atom. The molecule has 1 atom stereocenters. The molecule has 0 saturated heterocycles. The summed E-state index contributed by atoms with van der Waals surface area (Å²) in [5.41, 5.74) is 0.568. The molecular weight excluding hydrogens is 291 g/mol. The highest BCUT2D eigenvalue weighted by molar-refractivity contribution is 6.35. The van der Waals surface area contributed by atoms with E-state index in [-0.39, 0.29) is 6.42 Å². The summed E-state index contributed by atoms with van der Waals surface area (Å²) in [7, 11) is 1.28. The van der Waals surface area contributed by atoms with Crippen LogP contribution in [0.25, 0.3) is 0 Å². The molecule has 0 aromatic heterocycles. The fourth-order valence-corrected chi connectivity index (χ4v) is 2.09. The van der Waals surface area contributed by atoms with Crippen LogP contribution in [0.5, 0.6) is 0 Å². The van der Waals surface area contributed by atoms with Gasteiger partial charge in [0.15, 0.2) is 5.79 Å². The maximum atomic E-state index is 11.4. The Balaban J connectivity index is 3.04. The summed E-state index contributed by atoms with van der Waals surface area (Å²) < 4.78 is 10.1. The van der Waals surface area contributed by atoms with Gasteiger partial charge in [0.2, 0.25) is 0 Å². The first kappa shape index (κ1) is 16.2. The van der Waals surface area contributed by atoms with Gasteiger partial charge in [-0.1, -0.05) is 29.3 Å². The van der Waals surface area contributed by atoms with Crippen LogP contribution >= 0.6 is 23.2 Å². The monoisotopic (exact) mass is 306 g/mol. The summed E-state index contributed by atoms with van der Waals surface area (Å²) in [5.74, 6) is -1.86. The molecule has 1 aromatic rings. The molecule has 0 saturated carbocycles. The van der Waals surface area contributed by atoms with Crippen molar-refractivity contribution in [2.75, 3.05) is 7.11 Å².